The Bertz CT molecular complexity index is 695. The van der Waals surface area contributed by atoms with Crippen LogP contribution in [0.5, 0.6) is 0 Å². The van der Waals surface area contributed by atoms with E-state index in [9.17, 15) is 14.0 Å². The van der Waals surface area contributed by atoms with Gasteiger partial charge in [-0.1, -0.05) is 0 Å². The normalized spacial score (nSPS) is 10.4. The second-order valence-electron chi connectivity index (χ2n) is 4.15. The summed E-state index contributed by atoms with van der Waals surface area (Å²) in [4.78, 5) is 26.0. The molecular weight excluding hydrogens is 251 g/mol. The van der Waals surface area contributed by atoms with Crippen molar-refractivity contribution in [1.82, 2.24) is 9.55 Å². The molecular formula is C13H11FN2O3. The molecule has 1 aromatic carbocycles. The van der Waals surface area contributed by atoms with Gasteiger partial charge in [0.05, 0.1) is 12.1 Å². The van der Waals surface area contributed by atoms with E-state index in [1.165, 1.54) is 22.9 Å². The number of halogens is 1. The summed E-state index contributed by atoms with van der Waals surface area (Å²) in [7, 11) is 0. The number of rotatable bonds is 3. The van der Waals surface area contributed by atoms with Crippen molar-refractivity contribution in [3.8, 4) is 0 Å². The zero-order chi connectivity index (χ0) is 14.0. The van der Waals surface area contributed by atoms with E-state index < -0.39 is 17.5 Å². The lowest BCUT2D eigenvalue weighted by atomic mass is 10.1. The average molecular weight is 262 g/mol. The van der Waals surface area contributed by atoms with E-state index >= 15 is 0 Å². The molecule has 0 bridgehead atoms. The van der Waals surface area contributed by atoms with Crippen molar-refractivity contribution < 1.29 is 14.3 Å². The maximum absolute atomic E-state index is 13.6. The van der Waals surface area contributed by atoms with Gasteiger partial charge in [0.25, 0.3) is 0 Å². The number of hydrogen-bond acceptors (Lipinski definition) is 3. The molecule has 0 radical (unpaired) electrons. The summed E-state index contributed by atoms with van der Waals surface area (Å²) in [5.41, 5.74) is 0.361. The summed E-state index contributed by atoms with van der Waals surface area (Å²) >= 11 is 0. The van der Waals surface area contributed by atoms with Crippen LogP contribution in [-0.4, -0.2) is 20.6 Å². The van der Waals surface area contributed by atoms with E-state index in [0.717, 1.165) is 11.6 Å². The number of carboxylic acid groups (broad SMARTS) is 1. The van der Waals surface area contributed by atoms with Crippen LogP contribution in [-0.2, 0) is 6.54 Å². The predicted molar refractivity (Wildman–Crippen MR) is 65.7 cm³/mol. The largest absolute Gasteiger partial charge is 0.478 e. The van der Waals surface area contributed by atoms with Crippen LogP contribution < -0.4 is 5.69 Å². The fraction of sp³-hybridized carbons (Fsp3) is 0.154. The van der Waals surface area contributed by atoms with E-state index in [1.807, 2.05) is 0 Å². The third kappa shape index (κ3) is 2.85. The molecule has 0 saturated carbocycles. The highest BCUT2D eigenvalue weighted by Crippen LogP contribution is 2.12. The number of benzene rings is 1. The molecule has 1 N–H and O–H groups in total. The lowest BCUT2D eigenvalue weighted by Gasteiger charge is -2.07. The number of aromatic nitrogens is 2. The molecule has 0 amide bonds. The monoisotopic (exact) mass is 262 g/mol. The fourth-order valence-electron chi connectivity index (χ4n) is 1.69. The van der Waals surface area contributed by atoms with Gasteiger partial charge >= 0.3 is 11.7 Å². The topological polar surface area (TPSA) is 72.2 Å². The van der Waals surface area contributed by atoms with E-state index in [4.69, 9.17) is 5.11 Å². The Kier molecular flexibility index (Phi) is 3.41. The minimum atomic E-state index is -1.14. The molecule has 19 heavy (non-hydrogen) atoms. The Labute approximate surface area is 108 Å². The second kappa shape index (κ2) is 5.01. The van der Waals surface area contributed by atoms with E-state index in [0.29, 0.717) is 0 Å². The first kappa shape index (κ1) is 12.9. The minimum Gasteiger partial charge on any atom is -0.478 e. The Hall–Kier alpha value is -2.50. The smallest absolute Gasteiger partial charge is 0.347 e. The van der Waals surface area contributed by atoms with Crippen LogP contribution in [0.25, 0.3) is 0 Å². The summed E-state index contributed by atoms with van der Waals surface area (Å²) in [5.74, 6) is -1.70. The Balaban J connectivity index is 2.43. The predicted octanol–water partition coefficient (Wildman–Crippen LogP) is 1.44. The highest BCUT2D eigenvalue weighted by molar-refractivity contribution is 5.87. The lowest BCUT2D eigenvalue weighted by molar-refractivity contribution is 0.0696. The van der Waals surface area contributed by atoms with Gasteiger partial charge in [0.1, 0.15) is 5.82 Å². The first-order chi connectivity index (χ1) is 8.97. The van der Waals surface area contributed by atoms with Crippen molar-refractivity contribution in [3.05, 3.63) is 63.6 Å². The second-order valence-corrected chi connectivity index (χ2v) is 4.15. The highest BCUT2D eigenvalue weighted by Gasteiger charge is 2.09. The molecule has 1 aromatic heterocycles. The molecule has 2 aromatic rings. The van der Waals surface area contributed by atoms with Crippen LogP contribution in [0, 0.1) is 12.7 Å². The molecule has 5 nitrogen and oxygen atoms in total. The molecule has 0 fully saturated rings. The number of aromatic carboxylic acids is 1. The molecule has 0 aliphatic rings. The van der Waals surface area contributed by atoms with Gasteiger partial charge in [-0.2, -0.15) is 0 Å². The van der Waals surface area contributed by atoms with E-state index in [2.05, 4.69) is 4.98 Å². The van der Waals surface area contributed by atoms with E-state index in [-0.39, 0.29) is 17.7 Å². The van der Waals surface area contributed by atoms with Gasteiger partial charge in [-0.3, -0.25) is 4.57 Å². The molecule has 0 unspecified atom stereocenters. The summed E-state index contributed by atoms with van der Waals surface area (Å²) in [6.45, 7) is 1.70. The van der Waals surface area contributed by atoms with Gasteiger partial charge in [0, 0.05) is 18.0 Å². The molecule has 0 aliphatic heterocycles. The fourth-order valence-corrected chi connectivity index (χ4v) is 1.69. The van der Waals surface area contributed by atoms with Crippen LogP contribution in [0.15, 0.2) is 35.4 Å². The number of carboxylic acids is 1. The van der Waals surface area contributed by atoms with Crippen molar-refractivity contribution in [2.75, 3.05) is 0 Å². The maximum Gasteiger partial charge on any atom is 0.347 e. The highest BCUT2D eigenvalue weighted by atomic mass is 19.1. The van der Waals surface area contributed by atoms with Gasteiger partial charge in [0.15, 0.2) is 0 Å². The zero-order valence-corrected chi connectivity index (χ0v) is 10.1. The molecule has 1 heterocycles. The standard InChI is InChI=1S/C13H11FN2O3/c1-8-5-15-13(19)16(6-8)7-10-4-9(12(17)18)2-3-11(10)14/h2-6H,7H2,1H3,(H,17,18). The molecule has 6 heteroatoms. The third-order valence-corrected chi connectivity index (χ3v) is 2.62. The number of nitrogens with zero attached hydrogens (tertiary/aromatic N) is 2. The summed E-state index contributed by atoms with van der Waals surface area (Å²) in [5, 5.41) is 8.86. The molecule has 0 spiro atoms. The van der Waals surface area contributed by atoms with E-state index in [1.54, 1.807) is 13.1 Å². The number of hydrogen-bond donors (Lipinski definition) is 1. The van der Waals surface area contributed by atoms with Crippen LogP contribution in [0.2, 0.25) is 0 Å². The van der Waals surface area contributed by atoms with Crippen molar-refractivity contribution in [3.63, 3.8) is 0 Å². The van der Waals surface area contributed by atoms with Crippen molar-refractivity contribution in [2.24, 2.45) is 0 Å². The van der Waals surface area contributed by atoms with Crippen molar-refractivity contribution in [1.29, 1.82) is 0 Å². The Morgan fingerprint density at radius 3 is 2.89 bits per heavy atom. The quantitative estimate of drug-likeness (QED) is 0.908. The zero-order valence-electron chi connectivity index (χ0n) is 10.1. The molecule has 0 saturated heterocycles. The first-order valence-electron chi connectivity index (χ1n) is 5.52. The number of carbonyl (C=O) groups is 1. The molecule has 0 atom stereocenters. The van der Waals surface area contributed by atoms with Gasteiger partial charge in [-0.15, -0.1) is 0 Å². The van der Waals surface area contributed by atoms with Crippen molar-refractivity contribution >= 4 is 5.97 Å². The lowest BCUT2D eigenvalue weighted by Crippen LogP contribution is -2.23. The van der Waals surface area contributed by atoms with Gasteiger partial charge in [-0.05, 0) is 30.7 Å². The molecule has 2 rings (SSSR count). The van der Waals surface area contributed by atoms with Gasteiger partial charge < -0.3 is 5.11 Å². The van der Waals surface area contributed by atoms with Crippen molar-refractivity contribution in [2.45, 2.75) is 13.5 Å². The summed E-state index contributed by atoms with van der Waals surface area (Å²) in [6, 6.07) is 3.47. The summed E-state index contributed by atoms with van der Waals surface area (Å²) in [6.07, 6.45) is 2.96. The van der Waals surface area contributed by atoms with Gasteiger partial charge in [-0.25, -0.2) is 19.0 Å². The van der Waals surface area contributed by atoms with Crippen LogP contribution in [0.1, 0.15) is 21.5 Å². The summed E-state index contributed by atoms with van der Waals surface area (Å²) < 4.78 is 14.9. The van der Waals surface area contributed by atoms with Crippen LogP contribution in [0.3, 0.4) is 0 Å². The minimum absolute atomic E-state index is 0.0231. The maximum atomic E-state index is 13.6. The molecule has 98 valence electrons. The third-order valence-electron chi connectivity index (χ3n) is 2.62. The van der Waals surface area contributed by atoms with Crippen LogP contribution in [0.4, 0.5) is 4.39 Å². The van der Waals surface area contributed by atoms with Crippen LogP contribution >= 0.6 is 0 Å². The Morgan fingerprint density at radius 1 is 1.47 bits per heavy atom. The average Bonchev–Trinajstić information content (AvgIpc) is 2.36. The Morgan fingerprint density at radius 2 is 2.21 bits per heavy atom. The number of aryl methyl sites for hydroxylation is 1. The van der Waals surface area contributed by atoms with Gasteiger partial charge in [0.2, 0.25) is 0 Å². The first-order valence-corrected chi connectivity index (χ1v) is 5.52. The SMILES string of the molecule is Cc1cnc(=O)n(Cc2cc(C(=O)O)ccc2F)c1. The molecule has 0 aliphatic carbocycles.